The lowest BCUT2D eigenvalue weighted by Crippen LogP contribution is -2.27. The number of nitrogens with zero attached hydrogens (tertiary/aromatic N) is 1. The van der Waals surface area contributed by atoms with Crippen LogP contribution in [0.1, 0.15) is 26.5 Å². The lowest BCUT2D eigenvalue weighted by Gasteiger charge is -2.17. The molecule has 2 aromatic rings. The Bertz CT molecular complexity index is 595. The maximum Gasteiger partial charge on any atom is 0.251 e. The molecule has 20 heavy (non-hydrogen) atoms. The fraction of sp³-hybridized carbons (Fsp3) is 0.333. The topological polar surface area (TPSA) is 54.0 Å². The van der Waals surface area contributed by atoms with Gasteiger partial charge in [-0.25, -0.2) is 4.98 Å². The zero-order valence-corrected chi connectivity index (χ0v) is 12.0. The van der Waals surface area contributed by atoms with Crippen LogP contribution in [0.3, 0.4) is 0 Å². The van der Waals surface area contributed by atoms with Gasteiger partial charge >= 0.3 is 0 Å². The summed E-state index contributed by atoms with van der Waals surface area (Å²) in [6.07, 6.45) is 3.62. The molecule has 2 heterocycles. The van der Waals surface area contributed by atoms with Crippen molar-refractivity contribution in [2.45, 2.75) is 19.4 Å². The minimum absolute atomic E-state index is 0.00469. The first kappa shape index (κ1) is 13.3. The zero-order valence-electron chi connectivity index (χ0n) is 11.2. The Hall–Kier alpha value is -1.72. The molecule has 104 valence electrons. The monoisotopic (exact) mass is 287 g/mol. The van der Waals surface area contributed by atoms with Crippen LogP contribution in [0.4, 0.5) is 0 Å². The molecule has 0 aliphatic carbocycles. The summed E-state index contributed by atoms with van der Waals surface area (Å²) in [5.74, 6) is -0.00469. The molecule has 1 aliphatic rings. The standard InChI is InChI=1S/C15H17N3OS/c19-15(18-6-4-14-17-7-8-20-14)12-2-1-11-3-5-16-10-13(11)9-12/h1-2,7-9,16H,3-6,10H2,(H,18,19). The number of fused-ring (bicyclic) bond motifs is 1. The first-order chi connectivity index (χ1) is 9.83. The lowest BCUT2D eigenvalue weighted by atomic mass is 9.98. The number of carbonyl (C=O) groups excluding carboxylic acids is 1. The molecule has 0 saturated carbocycles. The first-order valence-electron chi connectivity index (χ1n) is 6.82. The van der Waals surface area contributed by atoms with Crippen LogP contribution in [0.5, 0.6) is 0 Å². The average Bonchev–Trinajstić information content (AvgIpc) is 3.00. The Morgan fingerprint density at radius 1 is 1.40 bits per heavy atom. The van der Waals surface area contributed by atoms with Gasteiger partial charge in [-0.3, -0.25) is 4.79 Å². The molecule has 5 heteroatoms. The van der Waals surface area contributed by atoms with Crippen LogP contribution in [0.25, 0.3) is 0 Å². The van der Waals surface area contributed by atoms with Crippen molar-refractivity contribution in [1.29, 1.82) is 0 Å². The molecule has 1 aliphatic heterocycles. The van der Waals surface area contributed by atoms with Crippen molar-refractivity contribution in [3.63, 3.8) is 0 Å². The molecule has 0 unspecified atom stereocenters. The van der Waals surface area contributed by atoms with Crippen LogP contribution < -0.4 is 10.6 Å². The van der Waals surface area contributed by atoms with Crippen molar-refractivity contribution in [2.75, 3.05) is 13.1 Å². The van der Waals surface area contributed by atoms with Crippen molar-refractivity contribution in [3.8, 4) is 0 Å². The SMILES string of the molecule is O=C(NCCc1nccs1)c1ccc2c(c1)CNCC2. The highest BCUT2D eigenvalue weighted by molar-refractivity contribution is 7.09. The second-order valence-electron chi connectivity index (χ2n) is 4.84. The van der Waals surface area contributed by atoms with E-state index in [0.717, 1.165) is 36.5 Å². The molecule has 4 nitrogen and oxygen atoms in total. The Morgan fingerprint density at radius 2 is 2.35 bits per heavy atom. The largest absolute Gasteiger partial charge is 0.352 e. The molecule has 0 spiro atoms. The summed E-state index contributed by atoms with van der Waals surface area (Å²) in [5.41, 5.74) is 3.33. The fourth-order valence-electron chi connectivity index (χ4n) is 2.38. The van der Waals surface area contributed by atoms with Crippen molar-refractivity contribution in [2.24, 2.45) is 0 Å². The van der Waals surface area contributed by atoms with Crippen LogP contribution in [0, 0.1) is 0 Å². The van der Waals surface area contributed by atoms with Gasteiger partial charge in [0.25, 0.3) is 5.91 Å². The Morgan fingerprint density at radius 3 is 3.20 bits per heavy atom. The summed E-state index contributed by atoms with van der Waals surface area (Å²) in [7, 11) is 0. The van der Waals surface area contributed by atoms with Gasteiger partial charge in [-0.1, -0.05) is 6.07 Å². The van der Waals surface area contributed by atoms with Gasteiger partial charge in [0, 0.05) is 36.7 Å². The van der Waals surface area contributed by atoms with E-state index in [-0.39, 0.29) is 5.91 Å². The van der Waals surface area contributed by atoms with Crippen molar-refractivity contribution >= 4 is 17.2 Å². The van der Waals surface area contributed by atoms with Gasteiger partial charge in [0.1, 0.15) is 0 Å². The molecule has 2 N–H and O–H groups in total. The average molecular weight is 287 g/mol. The summed E-state index contributed by atoms with van der Waals surface area (Å²) in [6.45, 7) is 2.50. The van der Waals surface area contributed by atoms with Gasteiger partial charge in [0.2, 0.25) is 0 Å². The number of hydrogen-bond donors (Lipinski definition) is 2. The van der Waals surface area contributed by atoms with Gasteiger partial charge in [0.15, 0.2) is 0 Å². The Labute approximate surface area is 122 Å². The van der Waals surface area contributed by atoms with Crippen molar-refractivity contribution in [1.82, 2.24) is 15.6 Å². The Balaban J connectivity index is 1.59. The smallest absolute Gasteiger partial charge is 0.251 e. The van der Waals surface area contributed by atoms with Crippen LogP contribution in [-0.4, -0.2) is 24.0 Å². The van der Waals surface area contributed by atoms with Crippen LogP contribution >= 0.6 is 11.3 Å². The molecule has 1 aromatic carbocycles. The molecule has 0 radical (unpaired) electrons. The summed E-state index contributed by atoms with van der Waals surface area (Å²) in [5, 5.41) is 9.29. The highest BCUT2D eigenvalue weighted by Gasteiger charge is 2.12. The van der Waals surface area contributed by atoms with Gasteiger partial charge < -0.3 is 10.6 Å². The maximum atomic E-state index is 12.1. The second kappa shape index (κ2) is 6.15. The predicted octanol–water partition coefficient (Wildman–Crippen LogP) is 1.76. The molecule has 1 amide bonds. The van der Waals surface area contributed by atoms with Crippen LogP contribution in [0.15, 0.2) is 29.8 Å². The van der Waals surface area contributed by atoms with E-state index in [1.165, 1.54) is 11.1 Å². The van der Waals surface area contributed by atoms with E-state index < -0.39 is 0 Å². The van der Waals surface area contributed by atoms with Crippen LogP contribution in [-0.2, 0) is 19.4 Å². The van der Waals surface area contributed by atoms with Gasteiger partial charge in [-0.15, -0.1) is 11.3 Å². The number of carbonyl (C=O) groups is 1. The van der Waals surface area contributed by atoms with E-state index >= 15 is 0 Å². The molecule has 3 rings (SSSR count). The maximum absolute atomic E-state index is 12.1. The molecule has 0 bridgehead atoms. The summed E-state index contributed by atoms with van der Waals surface area (Å²) >= 11 is 1.62. The van der Waals surface area contributed by atoms with E-state index in [4.69, 9.17) is 0 Å². The van der Waals surface area contributed by atoms with E-state index in [1.54, 1.807) is 17.5 Å². The zero-order chi connectivity index (χ0) is 13.8. The second-order valence-corrected chi connectivity index (χ2v) is 5.82. The summed E-state index contributed by atoms with van der Waals surface area (Å²) < 4.78 is 0. The third kappa shape index (κ3) is 3.05. The molecular weight excluding hydrogens is 270 g/mol. The van der Waals surface area contributed by atoms with Crippen LogP contribution in [0.2, 0.25) is 0 Å². The minimum atomic E-state index is -0.00469. The normalized spacial score (nSPS) is 13.8. The molecular formula is C15H17N3OS. The molecule has 0 saturated heterocycles. The van der Waals surface area contributed by atoms with Gasteiger partial charge in [-0.05, 0) is 36.2 Å². The minimum Gasteiger partial charge on any atom is -0.352 e. The van der Waals surface area contributed by atoms with Crippen molar-refractivity contribution in [3.05, 3.63) is 51.5 Å². The number of amides is 1. The summed E-state index contributed by atoms with van der Waals surface area (Å²) in [4.78, 5) is 16.3. The van der Waals surface area contributed by atoms with E-state index in [0.29, 0.717) is 6.54 Å². The number of benzene rings is 1. The number of nitrogens with one attached hydrogen (secondary N) is 2. The number of thiazole rings is 1. The molecule has 0 fully saturated rings. The number of rotatable bonds is 4. The fourth-order valence-corrected chi connectivity index (χ4v) is 3.00. The third-order valence-corrected chi connectivity index (χ3v) is 4.30. The molecule has 0 atom stereocenters. The third-order valence-electron chi connectivity index (χ3n) is 3.46. The number of aromatic nitrogens is 1. The first-order valence-corrected chi connectivity index (χ1v) is 7.70. The lowest BCUT2D eigenvalue weighted by molar-refractivity contribution is 0.0954. The number of hydrogen-bond acceptors (Lipinski definition) is 4. The van der Waals surface area contributed by atoms with Gasteiger partial charge in [0.05, 0.1) is 5.01 Å². The van der Waals surface area contributed by atoms with Gasteiger partial charge in [-0.2, -0.15) is 0 Å². The van der Waals surface area contributed by atoms with E-state index in [1.807, 2.05) is 17.5 Å². The highest BCUT2D eigenvalue weighted by atomic mass is 32.1. The van der Waals surface area contributed by atoms with E-state index in [9.17, 15) is 4.79 Å². The predicted molar refractivity (Wildman–Crippen MR) is 80.0 cm³/mol. The summed E-state index contributed by atoms with van der Waals surface area (Å²) in [6, 6.07) is 6.00. The van der Waals surface area contributed by atoms with E-state index in [2.05, 4.69) is 21.7 Å². The Kier molecular flexibility index (Phi) is 4.08. The van der Waals surface area contributed by atoms with Crippen molar-refractivity contribution < 1.29 is 4.79 Å². The quantitative estimate of drug-likeness (QED) is 0.901. The highest BCUT2D eigenvalue weighted by Crippen LogP contribution is 2.15. The molecule has 1 aromatic heterocycles.